The number of aromatic nitrogens is 6. The molecule has 44 heavy (non-hydrogen) atoms. The lowest BCUT2D eigenvalue weighted by Crippen LogP contribution is -1.96. The summed E-state index contributed by atoms with van der Waals surface area (Å²) < 4.78 is 4.71. The fraction of sp³-hybridized carbons (Fsp3) is 0. The van der Waals surface area contributed by atoms with Crippen LogP contribution < -0.4 is 0 Å². The van der Waals surface area contributed by atoms with Crippen molar-refractivity contribution in [2.75, 3.05) is 0 Å². The minimum atomic E-state index is 0.712. The number of nitrogens with zero attached hydrogens (tertiary/aromatic N) is 6. The molecule has 0 aliphatic carbocycles. The van der Waals surface area contributed by atoms with Crippen LogP contribution in [0.1, 0.15) is 0 Å². The summed E-state index contributed by atoms with van der Waals surface area (Å²) in [5, 5.41) is 4.89. The standard InChI is InChI=1S/C38H24N6/c1-3-15-31-29(13-1)35-33(43(31)27-11-5-9-25(23-27)37-39-19-7-20-40-37)17-18-34-36(35)30-14-2-4-16-32(30)44(34)28-12-6-10-26(24-28)38-41-21-8-22-42-38/h1-24H. The molecular weight excluding hydrogens is 540 g/mol. The molecule has 4 aromatic heterocycles. The van der Waals surface area contributed by atoms with Crippen LogP contribution in [0.3, 0.4) is 0 Å². The van der Waals surface area contributed by atoms with E-state index in [0.717, 1.165) is 44.6 Å². The van der Waals surface area contributed by atoms with E-state index in [1.807, 2.05) is 12.1 Å². The predicted octanol–water partition coefficient (Wildman–Crippen LogP) is 8.79. The van der Waals surface area contributed by atoms with Crippen molar-refractivity contribution in [2.45, 2.75) is 0 Å². The van der Waals surface area contributed by atoms with Gasteiger partial charge in [-0.1, -0.05) is 60.7 Å². The average Bonchev–Trinajstić information content (AvgIpc) is 3.62. The third kappa shape index (κ3) is 3.68. The highest BCUT2D eigenvalue weighted by atomic mass is 15.0. The molecule has 0 radical (unpaired) electrons. The molecule has 0 N–H and O–H groups in total. The lowest BCUT2D eigenvalue weighted by molar-refractivity contribution is 1.15. The summed E-state index contributed by atoms with van der Waals surface area (Å²) in [7, 11) is 0. The number of hydrogen-bond donors (Lipinski definition) is 0. The SMILES string of the molecule is c1cnc(-c2cccc(-n3c4ccccc4c4c5c6ccccc6n(-c6cccc(-c7ncccn7)c6)c5ccc43)c2)nc1. The summed E-state index contributed by atoms with van der Waals surface area (Å²) in [4.78, 5) is 18.0. The molecule has 9 rings (SSSR count). The van der Waals surface area contributed by atoms with Crippen LogP contribution in [-0.2, 0) is 0 Å². The Kier molecular flexibility index (Phi) is 5.40. The number of benzene rings is 5. The Morgan fingerprint density at radius 1 is 0.364 bits per heavy atom. The van der Waals surface area contributed by atoms with Crippen molar-refractivity contribution in [3.8, 4) is 34.2 Å². The summed E-state index contributed by atoms with van der Waals surface area (Å²) >= 11 is 0. The van der Waals surface area contributed by atoms with E-state index in [0.29, 0.717) is 11.6 Å². The first-order valence-electron chi connectivity index (χ1n) is 14.6. The summed E-state index contributed by atoms with van der Waals surface area (Å²) in [6.07, 6.45) is 7.13. The Labute approximate surface area is 252 Å². The Morgan fingerprint density at radius 3 is 1.25 bits per heavy atom. The molecule has 0 aliphatic rings. The molecule has 5 aromatic carbocycles. The van der Waals surface area contributed by atoms with Crippen LogP contribution in [0.15, 0.2) is 146 Å². The van der Waals surface area contributed by atoms with Crippen molar-refractivity contribution in [2.24, 2.45) is 0 Å². The van der Waals surface area contributed by atoms with Gasteiger partial charge in [-0.3, -0.25) is 0 Å². The molecule has 0 saturated carbocycles. The summed E-state index contributed by atoms with van der Waals surface area (Å²) in [6, 6.07) is 42.5. The minimum absolute atomic E-state index is 0.712. The first kappa shape index (κ1) is 24.5. The highest BCUT2D eigenvalue weighted by molar-refractivity contribution is 6.28. The molecule has 0 aliphatic heterocycles. The summed E-state index contributed by atoms with van der Waals surface area (Å²) in [5.74, 6) is 1.42. The maximum atomic E-state index is 4.50. The molecule has 9 aromatic rings. The molecule has 206 valence electrons. The molecule has 0 fully saturated rings. The van der Waals surface area contributed by atoms with Gasteiger partial charge in [0.1, 0.15) is 0 Å². The smallest absolute Gasteiger partial charge is 0.159 e. The van der Waals surface area contributed by atoms with Crippen LogP contribution in [0.2, 0.25) is 0 Å². The molecular formula is C38H24N6. The maximum Gasteiger partial charge on any atom is 0.159 e. The average molecular weight is 565 g/mol. The summed E-state index contributed by atoms with van der Waals surface area (Å²) in [5.41, 5.74) is 8.71. The Hall–Kier alpha value is -6.14. The number of fused-ring (bicyclic) bond motifs is 7. The molecule has 4 heterocycles. The van der Waals surface area contributed by atoms with Crippen LogP contribution in [0.25, 0.3) is 77.8 Å². The van der Waals surface area contributed by atoms with Crippen LogP contribution in [0.5, 0.6) is 0 Å². The van der Waals surface area contributed by atoms with Gasteiger partial charge in [0.25, 0.3) is 0 Å². The van der Waals surface area contributed by atoms with Gasteiger partial charge in [0.05, 0.1) is 22.1 Å². The van der Waals surface area contributed by atoms with E-state index in [9.17, 15) is 0 Å². The van der Waals surface area contributed by atoms with Crippen LogP contribution in [0, 0.1) is 0 Å². The first-order valence-corrected chi connectivity index (χ1v) is 14.6. The predicted molar refractivity (Wildman–Crippen MR) is 177 cm³/mol. The topological polar surface area (TPSA) is 61.4 Å². The van der Waals surface area contributed by atoms with Crippen LogP contribution in [-0.4, -0.2) is 29.1 Å². The van der Waals surface area contributed by atoms with E-state index in [1.54, 1.807) is 24.8 Å². The normalized spacial score (nSPS) is 11.6. The Balaban J connectivity index is 1.35. The monoisotopic (exact) mass is 564 g/mol. The number of hydrogen-bond acceptors (Lipinski definition) is 4. The third-order valence-electron chi connectivity index (χ3n) is 8.33. The van der Waals surface area contributed by atoms with Crippen molar-refractivity contribution in [1.82, 2.24) is 29.1 Å². The zero-order valence-corrected chi connectivity index (χ0v) is 23.5. The number of rotatable bonds is 4. The highest BCUT2D eigenvalue weighted by Gasteiger charge is 2.20. The minimum Gasteiger partial charge on any atom is -0.309 e. The van der Waals surface area contributed by atoms with Gasteiger partial charge in [0.2, 0.25) is 0 Å². The van der Waals surface area contributed by atoms with Crippen molar-refractivity contribution >= 4 is 43.6 Å². The molecule has 6 nitrogen and oxygen atoms in total. The maximum absolute atomic E-state index is 4.50. The Bertz CT molecular complexity index is 2320. The van der Waals surface area contributed by atoms with Gasteiger partial charge in [0, 0.05) is 68.8 Å². The van der Waals surface area contributed by atoms with Gasteiger partial charge >= 0.3 is 0 Å². The van der Waals surface area contributed by atoms with E-state index >= 15 is 0 Å². The van der Waals surface area contributed by atoms with Gasteiger partial charge in [-0.05, 0) is 60.7 Å². The Morgan fingerprint density at radius 2 is 0.795 bits per heavy atom. The zero-order valence-electron chi connectivity index (χ0n) is 23.5. The molecule has 0 spiro atoms. The lowest BCUT2D eigenvalue weighted by Gasteiger charge is -2.11. The first-order chi connectivity index (χ1) is 21.8. The largest absolute Gasteiger partial charge is 0.309 e. The van der Waals surface area contributed by atoms with E-state index in [1.165, 1.54) is 21.5 Å². The number of para-hydroxylation sites is 2. The summed E-state index contributed by atoms with van der Waals surface area (Å²) in [6.45, 7) is 0. The second kappa shape index (κ2) is 9.71. The van der Waals surface area contributed by atoms with Crippen molar-refractivity contribution in [3.63, 3.8) is 0 Å². The highest BCUT2D eigenvalue weighted by Crippen LogP contribution is 2.42. The van der Waals surface area contributed by atoms with Crippen molar-refractivity contribution in [3.05, 3.63) is 146 Å². The van der Waals surface area contributed by atoms with Gasteiger partial charge in [-0.25, -0.2) is 19.9 Å². The van der Waals surface area contributed by atoms with E-state index in [2.05, 4.69) is 138 Å². The molecule has 0 atom stereocenters. The molecule has 0 unspecified atom stereocenters. The van der Waals surface area contributed by atoms with E-state index in [-0.39, 0.29) is 0 Å². The lowest BCUT2D eigenvalue weighted by atomic mass is 10.1. The fourth-order valence-electron chi connectivity index (χ4n) is 6.54. The van der Waals surface area contributed by atoms with E-state index < -0.39 is 0 Å². The zero-order chi connectivity index (χ0) is 29.0. The van der Waals surface area contributed by atoms with Crippen LogP contribution >= 0.6 is 0 Å². The second-order valence-electron chi connectivity index (χ2n) is 10.8. The molecule has 6 heteroatoms. The van der Waals surface area contributed by atoms with Gasteiger partial charge < -0.3 is 9.13 Å². The second-order valence-corrected chi connectivity index (χ2v) is 10.8. The fourth-order valence-corrected chi connectivity index (χ4v) is 6.54. The molecule has 0 saturated heterocycles. The van der Waals surface area contributed by atoms with Crippen LogP contribution in [0.4, 0.5) is 0 Å². The van der Waals surface area contributed by atoms with E-state index in [4.69, 9.17) is 0 Å². The van der Waals surface area contributed by atoms with Gasteiger partial charge in [-0.2, -0.15) is 0 Å². The van der Waals surface area contributed by atoms with Crippen molar-refractivity contribution < 1.29 is 0 Å². The molecule has 0 amide bonds. The van der Waals surface area contributed by atoms with Crippen molar-refractivity contribution in [1.29, 1.82) is 0 Å². The van der Waals surface area contributed by atoms with Gasteiger partial charge in [0.15, 0.2) is 11.6 Å². The third-order valence-corrected chi connectivity index (χ3v) is 8.33. The molecule has 0 bridgehead atoms. The van der Waals surface area contributed by atoms with Gasteiger partial charge in [-0.15, -0.1) is 0 Å². The quantitative estimate of drug-likeness (QED) is 0.214.